The summed E-state index contributed by atoms with van der Waals surface area (Å²) in [6.45, 7) is 4.74. The third-order valence-electron chi connectivity index (χ3n) is 5.33. The second kappa shape index (κ2) is 10.9. The molecule has 0 unspecified atom stereocenters. The fourth-order valence-corrected chi connectivity index (χ4v) is 3.49. The van der Waals surface area contributed by atoms with Crippen LogP contribution in [-0.2, 0) is 13.2 Å². The lowest BCUT2D eigenvalue weighted by molar-refractivity contribution is 0.102. The summed E-state index contributed by atoms with van der Waals surface area (Å²) in [5.74, 6) is -0.0122. The number of carbonyl (C=O) groups excluding carboxylic acids is 2. The number of halogens is 1. The van der Waals surface area contributed by atoms with Crippen LogP contribution in [0.2, 0.25) is 5.02 Å². The lowest BCUT2D eigenvalue weighted by Crippen LogP contribution is -2.18. The highest BCUT2D eigenvalue weighted by atomic mass is 35.5. The van der Waals surface area contributed by atoms with Crippen LogP contribution in [0.15, 0.2) is 79.0 Å². The maximum atomic E-state index is 12.9. The minimum Gasteiger partial charge on any atom is -0.489 e. The zero-order chi connectivity index (χ0) is 24.8. The Hall–Kier alpha value is -4.10. The first-order chi connectivity index (χ1) is 16.9. The fraction of sp³-hybridized carbons (Fsp3) is 0.148. The molecule has 0 saturated heterocycles. The van der Waals surface area contributed by atoms with Gasteiger partial charge in [0, 0.05) is 29.0 Å². The van der Waals surface area contributed by atoms with Crippen molar-refractivity contribution in [3.63, 3.8) is 0 Å². The number of benzene rings is 3. The molecule has 3 aromatic carbocycles. The van der Waals surface area contributed by atoms with Crippen molar-refractivity contribution in [2.24, 2.45) is 0 Å². The van der Waals surface area contributed by atoms with E-state index in [1.165, 1.54) is 0 Å². The quantitative estimate of drug-likeness (QED) is 0.321. The molecule has 4 aromatic rings. The zero-order valence-corrected chi connectivity index (χ0v) is 20.2. The van der Waals surface area contributed by atoms with Crippen LogP contribution in [-0.4, -0.2) is 21.6 Å². The molecule has 1 aromatic heterocycles. The summed E-state index contributed by atoms with van der Waals surface area (Å²) in [7, 11) is 0. The van der Waals surface area contributed by atoms with Crippen LogP contribution in [0, 0.1) is 6.92 Å². The van der Waals surface area contributed by atoms with E-state index in [9.17, 15) is 9.59 Å². The molecule has 0 bridgehead atoms. The maximum absolute atomic E-state index is 12.9. The Morgan fingerprint density at radius 1 is 0.971 bits per heavy atom. The second-order valence-corrected chi connectivity index (χ2v) is 8.33. The maximum Gasteiger partial charge on any atom is 0.278 e. The Morgan fingerprint density at radius 3 is 2.40 bits per heavy atom. The van der Waals surface area contributed by atoms with Crippen LogP contribution < -0.4 is 15.4 Å². The summed E-state index contributed by atoms with van der Waals surface area (Å²) >= 11 is 6.05. The van der Waals surface area contributed by atoms with Gasteiger partial charge in [0.15, 0.2) is 5.69 Å². The van der Waals surface area contributed by atoms with Crippen molar-refractivity contribution in [2.45, 2.75) is 27.0 Å². The van der Waals surface area contributed by atoms with Crippen molar-refractivity contribution in [1.29, 1.82) is 0 Å². The van der Waals surface area contributed by atoms with Gasteiger partial charge in [-0.1, -0.05) is 41.9 Å². The Labute approximate surface area is 208 Å². The minimum atomic E-state index is -0.399. The lowest BCUT2D eigenvalue weighted by Gasteiger charge is -2.09. The van der Waals surface area contributed by atoms with Crippen LogP contribution >= 0.6 is 11.6 Å². The predicted octanol–water partition coefficient (Wildman–Crippen LogP) is 5.95. The third-order valence-corrected chi connectivity index (χ3v) is 5.76. The van der Waals surface area contributed by atoms with Gasteiger partial charge in [0.1, 0.15) is 12.4 Å². The Balaban J connectivity index is 1.42. The Kier molecular flexibility index (Phi) is 7.48. The number of aryl methyl sites for hydroxylation is 2. The number of amides is 2. The number of hydrogen-bond acceptors (Lipinski definition) is 4. The molecule has 178 valence electrons. The first-order valence-electron chi connectivity index (χ1n) is 11.2. The number of aromatic nitrogens is 2. The summed E-state index contributed by atoms with van der Waals surface area (Å²) in [6.07, 6.45) is 1.65. The van der Waals surface area contributed by atoms with Gasteiger partial charge in [0.2, 0.25) is 0 Å². The van der Waals surface area contributed by atoms with Crippen LogP contribution in [0.3, 0.4) is 0 Å². The van der Waals surface area contributed by atoms with Crippen molar-refractivity contribution >= 4 is 34.8 Å². The van der Waals surface area contributed by atoms with Gasteiger partial charge >= 0.3 is 0 Å². The summed E-state index contributed by atoms with van der Waals surface area (Å²) in [6, 6.07) is 21.7. The van der Waals surface area contributed by atoms with Crippen molar-refractivity contribution in [1.82, 2.24) is 9.78 Å². The van der Waals surface area contributed by atoms with Gasteiger partial charge in [-0.2, -0.15) is 5.10 Å². The molecule has 0 radical (unpaired) electrons. The molecule has 2 amide bonds. The monoisotopic (exact) mass is 488 g/mol. The average Bonchev–Trinajstić information content (AvgIpc) is 3.28. The summed E-state index contributed by atoms with van der Waals surface area (Å²) in [4.78, 5) is 25.7. The SMILES string of the molecule is CCn1cc(NC(=O)c2ccc(COc3ccc(Cl)c(C)c3)cc2)c(C(=O)Nc2ccccc2)n1. The molecule has 0 aliphatic rings. The Bertz CT molecular complexity index is 1330. The van der Waals surface area contributed by atoms with Gasteiger partial charge in [-0.05, 0) is 67.4 Å². The molecule has 8 heteroatoms. The first-order valence-corrected chi connectivity index (χ1v) is 11.5. The van der Waals surface area contributed by atoms with Gasteiger partial charge in [0.05, 0.1) is 5.69 Å². The van der Waals surface area contributed by atoms with Crippen molar-refractivity contribution in [3.05, 3.63) is 106 Å². The molecular weight excluding hydrogens is 464 g/mol. The van der Waals surface area contributed by atoms with Crippen molar-refractivity contribution < 1.29 is 14.3 Å². The molecule has 7 nitrogen and oxygen atoms in total. The van der Waals surface area contributed by atoms with E-state index in [4.69, 9.17) is 16.3 Å². The molecule has 0 aliphatic carbocycles. The summed E-state index contributed by atoms with van der Waals surface area (Å²) in [5.41, 5.74) is 3.44. The number of para-hydroxylation sites is 1. The smallest absolute Gasteiger partial charge is 0.278 e. The third kappa shape index (κ3) is 6.07. The van der Waals surface area contributed by atoms with Crippen molar-refractivity contribution in [2.75, 3.05) is 10.6 Å². The largest absolute Gasteiger partial charge is 0.489 e. The van der Waals surface area contributed by atoms with E-state index in [1.54, 1.807) is 41.2 Å². The number of anilines is 2. The first kappa shape index (κ1) is 24.0. The van der Waals surface area contributed by atoms with Gasteiger partial charge in [-0.3, -0.25) is 14.3 Å². The highest BCUT2D eigenvalue weighted by Gasteiger charge is 2.19. The number of rotatable bonds is 8. The average molecular weight is 489 g/mol. The normalized spacial score (nSPS) is 10.6. The zero-order valence-electron chi connectivity index (χ0n) is 19.4. The topological polar surface area (TPSA) is 85.2 Å². The molecule has 2 N–H and O–H groups in total. The summed E-state index contributed by atoms with van der Waals surface area (Å²) < 4.78 is 7.42. The van der Waals surface area contributed by atoms with Gasteiger partial charge in [-0.25, -0.2) is 0 Å². The number of ether oxygens (including phenoxy) is 1. The fourth-order valence-electron chi connectivity index (χ4n) is 3.37. The van der Waals surface area contributed by atoms with Crippen LogP contribution in [0.5, 0.6) is 5.75 Å². The van der Waals surface area contributed by atoms with Gasteiger partial charge < -0.3 is 15.4 Å². The molecule has 35 heavy (non-hydrogen) atoms. The molecule has 0 spiro atoms. The highest BCUT2D eigenvalue weighted by molar-refractivity contribution is 6.31. The minimum absolute atomic E-state index is 0.146. The molecule has 0 atom stereocenters. The Morgan fingerprint density at radius 2 is 1.71 bits per heavy atom. The van der Waals surface area contributed by atoms with Crippen molar-refractivity contribution in [3.8, 4) is 5.75 Å². The van der Waals surface area contributed by atoms with Crippen LogP contribution in [0.1, 0.15) is 38.9 Å². The van der Waals surface area contributed by atoms with Gasteiger partial charge in [-0.15, -0.1) is 0 Å². The van der Waals surface area contributed by atoms with E-state index < -0.39 is 5.91 Å². The molecule has 4 rings (SSSR count). The number of nitrogens with one attached hydrogen (secondary N) is 2. The predicted molar refractivity (Wildman–Crippen MR) is 137 cm³/mol. The van der Waals surface area contributed by atoms with Crippen LogP contribution in [0.4, 0.5) is 11.4 Å². The molecule has 0 aliphatic heterocycles. The second-order valence-electron chi connectivity index (χ2n) is 7.92. The van der Waals surface area contributed by atoms with Gasteiger partial charge in [0.25, 0.3) is 11.8 Å². The number of nitrogens with zero attached hydrogens (tertiary/aromatic N) is 2. The summed E-state index contributed by atoms with van der Waals surface area (Å²) in [5, 5.41) is 10.6. The molecule has 1 heterocycles. The molecule has 0 fully saturated rings. The molecular formula is C27H25ClN4O3. The number of carbonyl (C=O) groups is 2. The molecule has 0 saturated carbocycles. The van der Waals surface area contributed by atoms with E-state index in [0.717, 1.165) is 16.9 Å². The van der Waals surface area contributed by atoms with E-state index in [0.29, 0.717) is 35.1 Å². The number of hydrogen-bond donors (Lipinski definition) is 2. The van der Waals surface area contributed by atoms with E-state index in [2.05, 4.69) is 15.7 Å². The standard InChI is InChI=1S/C27H25ClN4O3/c1-3-32-16-24(25(31-32)27(34)29-21-7-5-4-6-8-21)30-26(33)20-11-9-19(10-12-20)17-35-22-13-14-23(28)18(2)15-22/h4-16H,3,17H2,1-2H3,(H,29,34)(H,30,33). The lowest BCUT2D eigenvalue weighted by atomic mass is 10.1. The van der Waals surface area contributed by atoms with E-state index in [1.807, 2.05) is 56.3 Å². The van der Waals surface area contributed by atoms with E-state index >= 15 is 0 Å². The van der Waals surface area contributed by atoms with E-state index in [-0.39, 0.29) is 11.6 Å². The highest BCUT2D eigenvalue weighted by Crippen LogP contribution is 2.22. The van der Waals surface area contributed by atoms with Crippen LogP contribution in [0.25, 0.3) is 0 Å².